The Labute approximate surface area is 348 Å². The fourth-order valence-corrected chi connectivity index (χ4v) is 9.45. The van der Waals surface area contributed by atoms with Crippen molar-refractivity contribution in [3.8, 4) is 0 Å². The standard InChI is InChI=1S/C54H62N4/c1-29-25-49-50(26-30(29)2)56(46-19-35(7)42(14)36(8)20-46)53(55(49)45-17-33(5)41(13)34(6)18-45)54-57(47-21-37(9)43(15)38(10)22-47)51-27-31(3)32(4)28-52(51)58(54)48-23-39(11)44(16)40(12)24-48/h17-28,53-54H,1-16H3. The maximum Gasteiger partial charge on any atom is 0.151 e. The average molecular weight is 767 g/mol. The summed E-state index contributed by atoms with van der Waals surface area (Å²) in [5.74, 6) is 0. The third kappa shape index (κ3) is 6.10. The molecule has 298 valence electrons. The monoisotopic (exact) mass is 766 g/mol. The van der Waals surface area contributed by atoms with Crippen molar-refractivity contribution in [1.29, 1.82) is 0 Å². The molecule has 0 bridgehead atoms. The molecule has 58 heavy (non-hydrogen) atoms. The number of hydrogen-bond donors (Lipinski definition) is 0. The zero-order valence-corrected chi connectivity index (χ0v) is 37.9. The highest BCUT2D eigenvalue weighted by Crippen LogP contribution is 2.57. The smallest absolute Gasteiger partial charge is 0.151 e. The molecule has 4 nitrogen and oxygen atoms in total. The van der Waals surface area contributed by atoms with Crippen LogP contribution in [0.5, 0.6) is 0 Å². The molecule has 0 atom stereocenters. The summed E-state index contributed by atoms with van der Waals surface area (Å²) in [7, 11) is 0. The molecule has 8 rings (SSSR count). The first-order chi connectivity index (χ1) is 27.4. The second-order valence-electron chi connectivity index (χ2n) is 18.0. The molecule has 6 aromatic rings. The number of rotatable bonds is 5. The Bertz CT molecular complexity index is 2220. The highest BCUT2D eigenvalue weighted by Gasteiger charge is 2.52. The zero-order chi connectivity index (χ0) is 41.8. The number of aryl methyl sites for hydroxylation is 12. The molecule has 0 saturated heterocycles. The summed E-state index contributed by atoms with van der Waals surface area (Å²) in [6, 6.07) is 29.2. The highest BCUT2D eigenvalue weighted by molar-refractivity contribution is 5.95. The second kappa shape index (κ2) is 14.1. The van der Waals surface area contributed by atoms with Crippen LogP contribution in [0.3, 0.4) is 0 Å². The van der Waals surface area contributed by atoms with Crippen LogP contribution in [-0.2, 0) is 0 Å². The maximum atomic E-state index is 2.68. The van der Waals surface area contributed by atoms with Crippen LogP contribution in [0.1, 0.15) is 89.0 Å². The third-order valence-corrected chi connectivity index (χ3v) is 14.3. The Morgan fingerprint density at radius 2 is 0.379 bits per heavy atom. The molecular formula is C54H62N4. The maximum absolute atomic E-state index is 2.68. The molecular weight excluding hydrogens is 705 g/mol. The van der Waals surface area contributed by atoms with Crippen LogP contribution in [0, 0.1) is 111 Å². The van der Waals surface area contributed by atoms with Crippen LogP contribution >= 0.6 is 0 Å². The Kier molecular flexibility index (Phi) is 9.58. The fourth-order valence-electron chi connectivity index (χ4n) is 9.45. The van der Waals surface area contributed by atoms with Crippen LogP contribution in [0.2, 0.25) is 0 Å². The first kappa shape index (κ1) is 39.4. The van der Waals surface area contributed by atoms with Crippen LogP contribution in [-0.4, -0.2) is 12.3 Å². The van der Waals surface area contributed by atoms with Gasteiger partial charge in [0.1, 0.15) is 0 Å². The minimum Gasteiger partial charge on any atom is -0.314 e. The number of fused-ring (bicyclic) bond motifs is 2. The zero-order valence-electron chi connectivity index (χ0n) is 37.9. The van der Waals surface area contributed by atoms with Gasteiger partial charge in [-0.2, -0.15) is 0 Å². The Hall–Kier alpha value is -5.48. The molecule has 2 heterocycles. The predicted molar refractivity (Wildman–Crippen MR) is 251 cm³/mol. The molecule has 0 N–H and O–H groups in total. The van der Waals surface area contributed by atoms with Crippen LogP contribution in [0.15, 0.2) is 72.8 Å². The minimum absolute atomic E-state index is 0.198. The number of anilines is 8. The van der Waals surface area contributed by atoms with E-state index in [0.717, 1.165) is 0 Å². The number of nitrogens with zero attached hydrogens (tertiary/aromatic N) is 4. The Morgan fingerprint density at radius 1 is 0.224 bits per heavy atom. The predicted octanol–water partition coefficient (Wildman–Crippen LogP) is 14.6. The van der Waals surface area contributed by atoms with Gasteiger partial charge in [-0.15, -0.1) is 0 Å². The van der Waals surface area contributed by atoms with Crippen molar-refractivity contribution in [2.75, 3.05) is 19.6 Å². The van der Waals surface area contributed by atoms with Gasteiger partial charge in [-0.25, -0.2) is 0 Å². The number of hydrogen-bond acceptors (Lipinski definition) is 4. The van der Waals surface area contributed by atoms with Crippen molar-refractivity contribution < 1.29 is 0 Å². The largest absolute Gasteiger partial charge is 0.314 e. The normalized spacial score (nSPS) is 14.3. The van der Waals surface area contributed by atoms with Crippen molar-refractivity contribution in [3.05, 3.63) is 162 Å². The van der Waals surface area contributed by atoms with Crippen LogP contribution < -0.4 is 19.6 Å². The molecule has 2 aliphatic heterocycles. The van der Waals surface area contributed by atoms with E-state index in [1.807, 2.05) is 0 Å². The Balaban J connectivity index is 1.55. The van der Waals surface area contributed by atoms with E-state index in [1.165, 1.54) is 135 Å². The lowest BCUT2D eigenvalue weighted by Gasteiger charge is -2.45. The summed E-state index contributed by atoms with van der Waals surface area (Å²) < 4.78 is 0. The van der Waals surface area contributed by atoms with Gasteiger partial charge in [-0.3, -0.25) is 0 Å². The SMILES string of the molecule is Cc1cc2c(cc1C)N(c1cc(C)c(C)c(C)c1)C(C1N(c3cc(C)c(C)c(C)c3)c3cc(C)c(C)cc3N1c1cc(C)c(C)c(C)c1)N2c1cc(C)c(C)c(C)c1. The van der Waals surface area contributed by atoms with Crippen LogP contribution in [0.25, 0.3) is 0 Å². The molecule has 0 amide bonds. The van der Waals surface area contributed by atoms with Gasteiger partial charge in [0.2, 0.25) is 0 Å². The van der Waals surface area contributed by atoms with E-state index >= 15 is 0 Å². The van der Waals surface area contributed by atoms with Crippen molar-refractivity contribution in [3.63, 3.8) is 0 Å². The highest BCUT2D eigenvalue weighted by atomic mass is 15.5. The molecule has 4 heteroatoms. The molecule has 0 saturated carbocycles. The molecule has 0 aromatic heterocycles. The van der Waals surface area contributed by atoms with Crippen molar-refractivity contribution in [1.82, 2.24) is 0 Å². The molecule has 0 aliphatic carbocycles. The molecule has 0 radical (unpaired) electrons. The van der Waals surface area contributed by atoms with E-state index < -0.39 is 0 Å². The lowest BCUT2D eigenvalue weighted by atomic mass is 10.0. The summed E-state index contributed by atoms with van der Waals surface area (Å²) in [5.41, 5.74) is 30.9. The average Bonchev–Trinajstić information content (AvgIpc) is 3.65. The van der Waals surface area contributed by atoms with Gasteiger partial charge in [-0.1, -0.05) is 0 Å². The fraction of sp³-hybridized carbons (Fsp3) is 0.333. The van der Waals surface area contributed by atoms with E-state index in [-0.39, 0.29) is 12.3 Å². The summed E-state index contributed by atoms with van der Waals surface area (Å²) in [6.45, 7) is 36.3. The van der Waals surface area contributed by atoms with E-state index in [2.05, 4.69) is 203 Å². The first-order valence-electron chi connectivity index (χ1n) is 21.1. The van der Waals surface area contributed by atoms with E-state index in [9.17, 15) is 0 Å². The van der Waals surface area contributed by atoms with E-state index in [1.54, 1.807) is 0 Å². The van der Waals surface area contributed by atoms with E-state index in [4.69, 9.17) is 0 Å². The van der Waals surface area contributed by atoms with Gasteiger partial charge in [0, 0.05) is 22.7 Å². The van der Waals surface area contributed by atoms with Crippen molar-refractivity contribution in [2.24, 2.45) is 0 Å². The lowest BCUT2D eigenvalue weighted by Crippen LogP contribution is -2.58. The van der Waals surface area contributed by atoms with Gasteiger partial charge in [0.25, 0.3) is 0 Å². The van der Waals surface area contributed by atoms with E-state index in [0.29, 0.717) is 0 Å². The van der Waals surface area contributed by atoms with Gasteiger partial charge < -0.3 is 19.6 Å². The Morgan fingerprint density at radius 3 is 0.534 bits per heavy atom. The molecule has 0 spiro atoms. The summed E-state index contributed by atoms with van der Waals surface area (Å²) >= 11 is 0. The molecule has 0 fully saturated rings. The van der Waals surface area contributed by atoms with Crippen molar-refractivity contribution in [2.45, 2.75) is 123 Å². The van der Waals surface area contributed by atoms with Gasteiger partial charge in [0.15, 0.2) is 12.3 Å². The topological polar surface area (TPSA) is 13.0 Å². The first-order valence-corrected chi connectivity index (χ1v) is 21.1. The number of benzene rings is 6. The van der Waals surface area contributed by atoms with Gasteiger partial charge in [-0.05, 0) is 273 Å². The van der Waals surface area contributed by atoms with Crippen molar-refractivity contribution >= 4 is 45.5 Å². The van der Waals surface area contributed by atoms with Gasteiger partial charge in [0.05, 0.1) is 22.7 Å². The van der Waals surface area contributed by atoms with Crippen LogP contribution in [0.4, 0.5) is 45.5 Å². The minimum atomic E-state index is -0.198. The summed E-state index contributed by atoms with van der Waals surface area (Å²) in [5, 5.41) is 0. The molecule has 0 unspecified atom stereocenters. The van der Waals surface area contributed by atoms with Gasteiger partial charge >= 0.3 is 0 Å². The molecule has 6 aromatic carbocycles. The summed E-state index contributed by atoms with van der Waals surface area (Å²) in [4.78, 5) is 10.7. The summed E-state index contributed by atoms with van der Waals surface area (Å²) in [6.07, 6.45) is -0.396. The third-order valence-electron chi connectivity index (χ3n) is 14.3. The second-order valence-corrected chi connectivity index (χ2v) is 18.0. The lowest BCUT2D eigenvalue weighted by molar-refractivity contribution is 0.549. The quantitative estimate of drug-likeness (QED) is 0.173. The molecule has 2 aliphatic rings.